The van der Waals surface area contributed by atoms with Gasteiger partial charge in [-0.2, -0.15) is 0 Å². The highest BCUT2D eigenvalue weighted by Gasteiger charge is 2.51. The molecular formula is C30H32F2N4O3. The molecule has 1 atom stereocenters. The molecule has 204 valence electrons. The second kappa shape index (κ2) is 9.11. The summed E-state index contributed by atoms with van der Waals surface area (Å²) in [5, 5.41) is 13.2. The molecule has 9 heteroatoms. The van der Waals surface area contributed by atoms with E-state index in [2.05, 4.69) is 5.32 Å². The van der Waals surface area contributed by atoms with Crippen molar-refractivity contribution >= 4 is 22.8 Å². The summed E-state index contributed by atoms with van der Waals surface area (Å²) in [6, 6.07) is 6.44. The number of pyridine rings is 2. The molecule has 5 aliphatic rings. The molecule has 3 heterocycles. The summed E-state index contributed by atoms with van der Waals surface area (Å²) in [5.74, 6) is 0.411. The van der Waals surface area contributed by atoms with Gasteiger partial charge < -0.3 is 15.3 Å². The average Bonchev–Trinajstić information content (AvgIpc) is 3.37. The zero-order valence-electron chi connectivity index (χ0n) is 21.7. The number of aliphatic hydroxyl groups is 1. The summed E-state index contributed by atoms with van der Waals surface area (Å²) in [7, 11) is 0. The number of aromatic nitrogens is 2. The lowest BCUT2D eigenvalue weighted by Crippen LogP contribution is -2.60. The Hall–Kier alpha value is -3.33. The summed E-state index contributed by atoms with van der Waals surface area (Å²) in [6.45, 7) is 0.674. The molecule has 3 aromatic rings. The van der Waals surface area contributed by atoms with Crippen molar-refractivity contribution in [2.45, 2.75) is 62.9 Å². The van der Waals surface area contributed by atoms with Crippen LogP contribution >= 0.6 is 0 Å². The van der Waals surface area contributed by atoms with Gasteiger partial charge in [0, 0.05) is 24.3 Å². The third kappa shape index (κ3) is 4.13. The van der Waals surface area contributed by atoms with Crippen LogP contribution in [0.3, 0.4) is 0 Å². The number of fused-ring (bicyclic) bond motifs is 1. The van der Waals surface area contributed by atoms with E-state index < -0.39 is 23.0 Å². The van der Waals surface area contributed by atoms with Crippen LogP contribution in [0.15, 0.2) is 41.3 Å². The zero-order chi connectivity index (χ0) is 26.9. The topological polar surface area (TPSA) is 87.5 Å². The minimum Gasteiger partial charge on any atom is -0.394 e. The summed E-state index contributed by atoms with van der Waals surface area (Å²) in [6.07, 6.45) is 9.55. The molecular weight excluding hydrogens is 502 g/mol. The van der Waals surface area contributed by atoms with Gasteiger partial charge in [-0.1, -0.05) is 0 Å². The second-order valence-electron chi connectivity index (χ2n) is 12.2. The first-order chi connectivity index (χ1) is 18.8. The zero-order valence-corrected chi connectivity index (χ0v) is 21.7. The van der Waals surface area contributed by atoms with E-state index in [0.717, 1.165) is 44.2 Å². The smallest absolute Gasteiger partial charge is 0.257 e. The molecule has 2 N–H and O–H groups in total. The number of amides is 1. The van der Waals surface area contributed by atoms with Gasteiger partial charge in [-0.15, -0.1) is 0 Å². The van der Waals surface area contributed by atoms with Crippen molar-refractivity contribution in [3.63, 3.8) is 0 Å². The number of hydrogen-bond acceptors (Lipinski definition) is 5. The van der Waals surface area contributed by atoms with Crippen molar-refractivity contribution < 1.29 is 18.7 Å². The first-order valence-electron chi connectivity index (χ1n) is 14.0. The standard InChI is InChI=1S/C30H32F2N4O3/c31-20-3-5-25(24(32)11-20)36-15-23(29(39)34-30-12-17-8-18(13-30)10-19(9-17)14-30)27(38)22-4-6-26(33-28(22)36)35-7-1-2-21(35)16-37/h3-6,11,15,17-19,21,37H,1-2,7-10,12-14,16H2,(H,34,39). The summed E-state index contributed by atoms with van der Waals surface area (Å²) >= 11 is 0. The number of halogens is 2. The first-order valence-corrected chi connectivity index (χ1v) is 14.0. The molecule has 4 saturated carbocycles. The summed E-state index contributed by atoms with van der Waals surface area (Å²) < 4.78 is 30.3. The summed E-state index contributed by atoms with van der Waals surface area (Å²) in [5.41, 5.74) is -0.666. The van der Waals surface area contributed by atoms with Crippen LogP contribution in [0, 0.1) is 29.4 Å². The third-order valence-corrected chi connectivity index (χ3v) is 9.55. The molecule has 7 nitrogen and oxygen atoms in total. The van der Waals surface area contributed by atoms with Crippen molar-refractivity contribution in [1.29, 1.82) is 0 Å². The Morgan fingerprint density at radius 3 is 2.46 bits per heavy atom. The fourth-order valence-electron chi connectivity index (χ4n) is 8.27. The number of nitrogens with one attached hydrogen (secondary N) is 1. The molecule has 1 saturated heterocycles. The van der Waals surface area contributed by atoms with Gasteiger partial charge in [-0.3, -0.25) is 14.2 Å². The Morgan fingerprint density at radius 1 is 1.08 bits per heavy atom. The van der Waals surface area contributed by atoms with E-state index in [4.69, 9.17) is 4.98 Å². The normalized spacial score (nSPS) is 29.4. The lowest BCUT2D eigenvalue weighted by Gasteiger charge is -2.56. The number of benzene rings is 1. The van der Waals surface area contributed by atoms with E-state index >= 15 is 4.39 Å². The van der Waals surface area contributed by atoms with Gasteiger partial charge >= 0.3 is 0 Å². The van der Waals surface area contributed by atoms with Crippen molar-refractivity contribution in [3.05, 3.63) is 63.9 Å². The van der Waals surface area contributed by atoms with E-state index in [1.807, 2.05) is 4.90 Å². The quantitative estimate of drug-likeness (QED) is 0.509. The van der Waals surface area contributed by atoms with Gasteiger partial charge in [0.05, 0.1) is 23.7 Å². The van der Waals surface area contributed by atoms with Gasteiger partial charge in [0.2, 0.25) is 5.43 Å². The van der Waals surface area contributed by atoms with Crippen LogP contribution in [0.4, 0.5) is 14.6 Å². The van der Waals surface area contributed by atoms with Crippen molar-refractivity contribution in [2.75, 3.05) is 18.1 Å². The predicted octanol–water partition coefficient (Wildman–Crippen LogP) is 4.32. The molecule has 0 spiro atoms. The van der Waals surface area contributed by atoms with Crippen LogP contribution in [-0.2, 0) is 0 Å². The maximum atomic E-state index is 15.1. The highest BCUT2D eigenvalue weighted by atomic mass is 19.1. The molecule has 1 amide bonds. The van der Waals surface area contributed by atoms with E-state index in [1.54, 1.807) is 12.1 Å². The van der Waals surface area contributed by atoms with Crippen molar-refractivity contribution in [3.8, 4) is 5.69 Å². The van der Waals surface area contributed by atoms with E-state index in [9.17, 15) is 19.1 Å². The minimum absolute atomic E-state index is 0.00460. The van der Waals surface area contributed by atoms with E-state index in [0.29, 0.717) is 30.1 Å². The molecule has 4 bridgehead atoms. The number of carbonyl (C=O) groups is 1. The molecule has 1 aliphatic heterocycles. The largest absolute Gasteiger partial charge is 0.394 e. The Kier molecular flexibility index (Phi) is 5.77. The first kappa shape index (κ1) is 24.7. The number of rotatable bonds is 5. The number of carbonyl (C=O) groups excluding carboxylic acids is 1. The van der Waals surface area contributed by atoms with Crippen molar-refractivity contribution in [1.82, 2.24) is 14.9 Å². The Morgan fingerprint density at radius 2 is 1.79 bits per heavy atom. The van der Waals surface area contributed by atoms with E-state index in [1.165, 1.54) is 36.1 Å². The van der Waals surface area contributed by atoms with E-state index in [-0.39, 0.29) is 40.5 Å². The Bertz CT molecular complexity index is 1500. The monoisotopic (exact) mass is 534 g/mol. The number of nitrogens with zero attached hydrogens (tertiary/aromatic N) is 3. The van der Waals surface area contributed by atoms with Gasteiger partial charge in [-0.05, 0) is 93.4 Å². The second-order valence-corrected chi connectivity index (χ2v) is 12.2. The van der Waals surface area contributed by atoms with Gasteiger partial charge in [0.1, 0.15) is 23.0 Å². The van der Waals surface area contributed by atoms with Gasteiger partial charge in [0.15, 0.2) is 5.65 Å². The molecule has 1 aromatic carbocycles. The number of aliphatic hydroxyl groups excluding tert-OH is 1. The van der Waals surface area contributed by atoms with Crippen molar-refractivity contribution in [2.24, 2.45) is 17.8 Å². The number of hydrogen-bond donors (Lipinski definition) is 2. The van der Waals surface area contributed by atoms with Crippen LogP contribution in [0.1, 0.15) is 61.7 Å². The maximum absolute atomic E-state index is 15.1. The molecule has 39 heavy (non-hydrogen) atoms. The molecule has 4 aliphatic carbocycles. The lowest BCUT2D eigenvalue weighted by atomic mass is 9.53. The number of anilines is 1. The molecule has 0 radical (unpaired) electrons. The fourth-order valence-corrected chi connectivity index (χ4v) is 8.27. The lowest BCUT2D eigenvalue weighted by molar-refractivity contribution is -0.0167. The average molecular weight is 535 g/mol. The predicted molar refractivity (Wildman–Crippen MR) is 143 cm³/mol. The summed E-state index contributed by atoms with van der Waals surface area (Å²) in [4.78, 5) is 34.1. The molecule has 8 rings (SSSR count). The van der Waals surface area contributed by atoms with Crippen LogP contribution in [0.25, 0.3) is 16.7 Å². The Balaban J connectivity index is 1.34. The highest BCUT2D eigenvalue weighted by molar-refractivity contribution is 5.97. The fraction of sp³-hybridized carbons (Fsp3) is 0.500. The third-order valence-electron chi connectivity index (χ3n) is 9.55. The van der Waals surface area contributed by atoms with Crippen LogP contribution < -0.4 is 15.6 Å². The van der Waals surface area contributed by atoms with Crippen LogP contribution in [-0.4, -0.2) is 45.3 Å². The minimum atomic E-state index is -0.825. The Labute approximate surface area is 224 Å². The van der Waals surface area contributed by atoms with Gasteiger partial charge in [0.25, 0.3) is 5.91 Å². The SMILES string of the molecule is O=C(NC12CC3CC(CC(C3)C1)C2)c1cn(-c2ccc(F)cc2F)c2nc(N3CCCC3CO)ccc2c1=O. The van der Waals surface area contributed by atoms with Crippen LogP contribution in [0.5, 0.6) is 0 Å². The highest BCUT2D eigenvalue weighted by Crippen LogP contribution is 2.55. The van der Waals surface area contributed by atoms with Crippen LogP contribution in [0.2, 0.25) is 0 Å². The molecule has 1 unspecified atom stereocenters. The maximum Gasteiger partial charge on any atom is 0.257 e. The van der Waals surface area contributed by atoms with Gasteiger partial charge in [-0.25, -0.2) is 13.8 Å². The molecule has 2 aromatic heterocycles. The molecule has 5 fully saturated rings.